The van der Waals surface area contributed by atoms with Gasteiger partial charge in [-0.1, -0.05) is 6.07 Å². The molecule has 3 rings (SSSR count). The van der Waals surface area contributed by atoms with Gasteiger partial charge in [-0.05, 0) is 31.5 Å². The molecule has 0 bridgehead atoms. The zero-order valence-electron chi connectivity index (χ0n) is 15.3. The molecule has 0 unspecified atom stereocenters. The van der Waals surface area contributed by atoms with E-state index in [4.69, 9.17) is 0 Å². The van der Waals surface area contributed by atoms with Crippen molar-refractivity contribution in [3.05, 3.63) is 63.1 Å². The summed E-state index contributed by atoms with van der Waals surface area (Å²) < 4.78 is 66.6. The molecule has 1 amide bonds. The molecule has 0 saturated heterocycles. The highest BCUT2D eigenvalue weighted by atomic mass is 19.4. The van der Waals surface area contributed by atoms with E-state index < -0.39 is 45.7 Å². The molecule has 0 aliphatic heterocycles. The van der Waals surface area contributed by atoms with Crippen LogP contribution in [0.1, 0.15) is 27.4 Å². The lowest BCUT2D eigenvalue weighted by Crippen LogP contribution is -2.36. The van der Waals surface area contributed by atoms with Crippen LogP contribution in [-0.4, -0.2) is 31.6 Å². The lowest BCUT2D eigenvalue weighted by Gasteiger charge is -2.20. The molecule has 30 heavy (non-hydrogen) atoms. The van der Waals surface area contributed by atoms with Gasteiger partial charge < -0.3 is 5.32 Å². The third kappa shape index (κ3) is 3.65. The van der Waals surface area contributed by atoms with Gasteiger partial charge in [-0.15, -0.1) is 0 Å². The number of carbonyl (C=O) groups excluding carboxylic acids is 1. The molecule has 2 aromatic heterocycles. The minimum atomic E-state index is -5.90. The molecule has 0 spiro atoms. The number of nitrogens with one attached hydrogen (secondary N) is 1. The molecule has 0 aliphatic rings. The summed E-state index contributed by atoms with van der Waals surface area (Å²) in [5, 5.41) is 16.9. The number of fused-ring (bicyclic) bond motifs is 1. The number of anilines is 1. The number of aromatic nitrogens is 3. The third-order valence-corrected chi connectivity index (χ3v) is 4.06. The van der Waals surface area contributed by atoms with Crippen LogP contribution in [-0.2, 0) is 5.92 Å². The monoisotopic (exact) mass is 429 g/mol. The lowest BCUT2D eigenvalue weighted by atomic mass is 10.2. The Bertz CT molecular complexity index is 1170. The zero-order chi connectivity index (χ0) is 22.4. The van der Waals surface area contributed by atoms with Crippen LogP contribution in [0.25, 0.3) is 5.65 Å². The van der Waals surface area contributed by atoms with E-state index in [1.165, 1.54) is 25.1 Å². The Balaban J connectivity index is 2.06. The van der Waals surface area contributed by atoms with Gasteiger partial charge in [-0.25, -0.2) is 9.50 Å². The van der Waals surface area contributed by atoms with Gasteiger partial charge in [0.1, 0.15) is 11.4 Å². The maximum absolute atomic E-state index is 13.9. The van der Waals surface area contributed by atoms with Crippen LogP contribution in [0.4, 0.5) is 33.3 Å². The van der Waals surface area contributed by atoms with Gasteiger partial charge in [0.05, 0.1) is 4.92 Å². The number of nitro groups is 1. The van der Waals surface area contributed by atoms with Crippen molar-refractivity contribution in [2.75, 3.05) is 5.32 Å². The summed E-state index contributed by atoms with van der Waals surface area (Å²) in [6.45, 7) is 2.80. The molecule has 0 aliphatic carbocycles. The summed E-state index contributed by atoms with van der Waals surface area (Å²) in [4.78, 5) is 26.7. The fraction of sp³-hybridized carbons (Fsp3) is 0.235. The number of aryl methyl sites for hydroxylation is 2. The van der Waals surface area contributed by atoms with Crippen LogP contribution in [0.2, 0.25) is 0 Å². The minimum absolute atomic E-state index is 0.151. The molecule has 0 saturated carbocycles. The normalized spacial score (nSPS) is 12.2. The zero-order valence-corrected chi connectivity index (χ0v) is 15.3. The predicted octanol–water partition coefficient (Wildman–Crippen LogP) is 4.16. The van der Waals surface area contributed by atoms with E-state index in [9.17, 15) is 36.9 Å². The first-order valence-electron chi connectivity index (χ1n) is 8.20. The maximum atomic E-state index is 13.9. The third-order valence-electron chi connectivity index (χ3n) is 4.06. The summed E-state index contributed by atoms with van der Waals surface area (Å²) >= 11 is 0. The van der Waals surface area contributed by atoms with Crippen LogP contribution >= 0.6 is 0 Å². The number of nitrogens with zero attached hydrogens (tertiary/aromatic N) is 4. The van der Waals surface area contributed by atoms with Crippen LogP contribution in [0.15, 0.2) is 30.3 Å². The quantitative estimate of drug-likeness (QED) is 0.381. The van der Waals surface area contributed by atoms with E-state index in [0.29, 0.717) is 11.6 Å². The van der Waals surface area contributed by atoms with E-state index in [0.717, 1.165) is 6.07 Å². The fourth-order valence-electron chi connectivity index (χ4n) is 2.66. The number of carbonyl (C=O) groups is 1. The van der Waals surface area contributed by atoms with Crippen molar-refractivity contribution in [3.8, 4) is 0 Å². The highest BCUT2D eigenvalue weighted by molar-refractivity contribution is 6.04. The summed E-state index contributed by atoms with van der Waals surface area (Å²) in [5.41, 5.74) is -2.71. The van der Waals surface area contributed by atoms with Crippen LogP contribution in [0, 0.1) is 24.0 Å². The molecule has 1 N–H and O–H groups in total. The average Bonchev–Trinajstić information content (AvgIpc) is 3.05. The molecular formula is C17H12F5N5O3. The van der Waals surface area contributed by atoms with Gasteiger partial charge in [0, 0.05) is 17.8 Å². The second-order valence-corrected chi connectivity index (χ2v) is 6.39. The minimum Gasteiger partial charge on any atom is -0.315 e. The number of hydrogen-bond acceptors (Lipinski definition) is 5. The highest BCUT2D eigenvalue weighted by Crippen LogP contribution is 2.43. The maximum Gasteiger partial charge on any atom is 0.459 e. The second-order valence-electron chi connectivity index (χ2n) is 6.39. The van der Waals surface area contributed by atoms with Crippen LogP contribution in [0.3, 0.4) is 0 Å². The van der Waals surface area contributed by atoms with Gasteiger partial charge in [-0.2, -0.15) is 27.1 Å². The van der Waals surface area contributed by atoms with Crippen molar-refractivity contribution in [1.82, 2.24) is 14.6 Å². The van der Waals surface area contributed by atoms with E-state index in [2.05, 4.69) is 15.4 Å². The molecule has 13 heteroatoms. The van der Waals surface area contributed by atoms with E-state index >= 15 is 0 Å². The molecular weight excluding hydrogens is 417 g/mol. The molecule has 8 nitrogen and oxygen atoms in total. The first kappa shape index (κ1) is 21.1. The summed E-state index contributed by atoms with van der Waals surface area (Å²) in [5.74, 6) is -6.31. The Hall–Kier alpha value is -3.64. The van der Waals surface area contributed by atoms with Crippen molar-refractivity contribution in [2.24, 2.45) is 0 Å². The van der Waals surface area contributed by atoms with Gasteiger partial charge in [0.15, 0.2) is 11.3 Å². The Kier molecular flexibility index (Phi) is 4.92. The Morgan fingerprint density at radius 1 is 1.13 bits per heavy atom. The standard InChI is InChI=1S/C17H12F5N5O3/c1-8-3-4-10(12(5-8)27(29)30)24-15(28)11-7-14-23-9(2)6-13(26(14)25-11)16(18,19)17(20,21)22/h3-7H,1-2H3,(H,24,28). The molecule has 0 atom stereocenters. The fourth-order valence-corrected chi connectivity index (χ4v) is 2.66. The van der Waals surface area contributed by atoms with Crippen molar-refractivity contribution < 1.29 is 31.7 Å². The van der Waals surface area contributed by atoms with Crippen LogP contribution in [0.5, 0.6) is 0 Å². The van der Waals surface area contributed by atoms with Gasteiger partial charge in [0.25, 0.3) is 11.6 Å². The first-order valence-corrected chi connectivity index (χ1v) is 8.20. The van der Waals surface area contributed by atoms with Crippen LogP contribution < -0.4 is 5.32 Å². The van der Waals surface area contributed by atoms with Gasteiger partial charge in [0.2, 0.25) is 0 Å². The number of nitro benzene ring substituents is 1. The molecule has 1 aromatic carbocycles. The Morgan fingerprint density at radius 2 is 1.80 bits per heavy atom. The van der Waals surface area contributed by atoms with E-state index in [1.54, 1.807) is 6.92 Å². The Labute approximate surface area is 164 Å². The van der Waals surface area contributed by atoms with E-state index in [-0.39, 0.29) is 15.9 Å². The SMILES string of the molecule is Cc1ccc(NC(=O)c2cc3nc(C)cc(C(F)(F)C(F)(F)F)n3n2)c([N+](=O)[O-])c1. The second kappa shape index (κ2) is 7.00. The summed E-state index contributed by atoms with van der Waals surface area (Å²) in [6, 6.07) is 5.36. The van der Waals surface area contributed by atoms with Crippen molar-refractivity contribution in [3.63, 3.8) is 0 Å². The molecule has 3 aromatic rings. The molecule has 2 heterocycles. The average molecular weight is 429 g/mol. The number of hydrogen-bond donors (Lipinski definition) is 1. The Morgan fingerprint density at radius 3 is 2.40 bits per heavy atom. The molecule has 0 radical (unpaired) electrons. The number of halogens is 5. The van der Waals surface area contributed by atoms with Crippen molar-refractivity contribution >= 4 is 22.9 Å². The topological polar surface area (TPSA) is 102 Å². The first-order chi connectivity index (χ1) is 13.8. The number of amides is 1. The van der Waals surface area contributed by atoms with Gasteiger partial charge >= 0.3 is 12.1 Å². The van der Waals surface area contributed by atoms with Gasteiger partial charge in [-0.3, -0.25) is 14.9 Å². The number of alkyl halides is 5. The lowest BCUT2D eigenvalue weighted by molar-refractivity contribution is -0.384. The van der Waals surface area contributed by atoms with E-state index in [1.807, 2.05) is 0 Å². The highest BCUT2D eigenvalue weighted by Gasteiger charge is 2.60. The smallest absolute Gasteiger partial charge is 0.315 e. The number of benzene rings is 1. The largest absolute Gasteiger partial charge is 0.459 e. The van der Waals surface area contributed by atoms with Crippen molar-refractivity contribution in [1.29, 1.82) is 0 Å². The predicted molar refractivity (Wildman–Crippen MR) is 93.5 cm³/mol. The summed E-state index contributed by atoms with van der Waals surface area (Å²) in [6.07, 6.45) is -5.90. The summed E-state index contributed by atoms with van der Waals surface area (Å²) in [7, 11) is 0. The number of rotatable bonds is 4. The van der Waals surface area contributed by atoms with Crippen molar-refractivity contribution in [2.45, 2.75) is 25.9 Å². The molecule has 158 valence electrons. The molecule has 0 fully saturated rings.